The third-order valence-corrected chi connectivity index (χ3v) is 5.79. The molecule has 134 valence electrons. The minimum Gasteiger partial charge on any atom is -0.502 e. The van der Waals surface area contributed by atoms with Crippen LogP contribution < -0.4 is 0 Å². The Morgan fingerprint density at radius 1 is 1.19 bits per heavy atom. The molecule has 0 aromatic heterocycles. The van der Waals surface area contributed by atoms with E-state index in [1.54, 1.807) is 0 Å². The molecule has 3 aliphatic carbocycles. The molecule has 0 spiro atoms. The zero-order chi connectivity index (χ0) is 18.6. The van der Waals surface area contributed by atoms with E-state index in [1.165, 1.54) is 6.07 Å². The van der Waals surface area contributed by atoms with Gasteiger partial charge in [-0.15, -0.1) is 0 Å². The van der Waals surface area contributed by atoms with Crippen molar-refractivity contribution >= 4 is 39.6 Å². The van der Waals surface area contributed by atoms with Crippen LogP contribution in [0, 0.1) is 33.8 Å². The Hall–Kier alpha value is -2.55. The normalized spacial score (nSPS) is 29.7. The first-order valence-corrected chi connectivity index (χ1v) is 8.95. The van der Waals surface area contributed by atoms with Gasteiger partial charge in [-0.3, -0.25) is 19.7 Å². The van der Waals surface area contributed by atoms with E-state index < -0.39 is 16.4 Å². The van der Waals surface area contributed by atoms with Gasteiger partial charge in [0.25, 0.3) is 11.8 Å². The van der Waals surface area contributed by atoms with Gasteiger partial charge in [-0.1, -0.05) is 28.1 Å². The number of hydrazone groups is 1. The second-order valence-corrected chi connectivity index (χ2v) is 7.61. The van der Waals surface area contributed by atoms with E-state index in [-0.39, 0.29) is 41.0 Å². The molecule has 2 amide bonds. The summed E-state index contributed by atoms with van der Waals surface area (Å²) in [5, 5.41) is 25.8. The maximum absolute atomic E-state index is 12.7. The predicted octanol–water partition coefficient (Wildman–Crippen LogP) is 2.59. The largest absolute Gasteiger partial charge is 0.502 e. The number of fused-ring (bicyclic) bond motifs is 1. The summed E-state index contributed by atoms with van der Waals surface area (Å²) in [6, 6.07) is 2.59. The number of phenolic OH excluding ortho intramolecular Hbond substituents is 1. The highest BCUT2D eigenvalue weighted by Gasteiger charge is 2.56. The molecule has 4 atom stereocenters. The van der Waals surface area contributed by atoms with Crippen LogP contribution in [0.5, 0.6) is 5.75 Å². The van der Waals surface area contributed by atoms with E-state index >= 15 is 0 Å². The third-order valence-electron chi connectivity index (χ3n) is 5.33. The average Bonchev–Trinajstić information content (AvgIpc) is 2.89. The molecule has 1 aromatic rings. The minimum absolute atomic E-state index is 0.0441. The number of hydrogen-bond donors (Lipinski definition) is 1. The second-order valence-electron chi connectivity index (χ2n) is 6.69. The van der Waals surface area contributed by atoms with Crippen LogP contribution in [0.2, 0.25) is 0 Å². The fraction of sp³-hybridized carbons (Fsp3) is 0.353. The summed E-state index contributed by atoms with van der Waals surface area (Å²) in [5.41, 5.74) is -0.446. The summed E-state index contributed by atoms with van der Waals surface area (Å²) in [6.07, 6.45) is 6.90. The molecular formula is C17H14BrN3O5. The van der Waals surface area contributed by atoms with Crippen LogP contribution in [-0.2, 0) is 9.59 Å². The molecule has 2 fully saturated rings. The van der Waals surface area contributed by atoms with E-state index in [4.69, 9.17) is 0 Å². The van der Waals surface area contributed by atoms with Crippen LogP contribution in [0.3, 0.4) is 0 Å². The molecule has 1 aromatic carbocycles. The van der Waals surface area contributed by atoms with Crippen molar-refractivity contribution in [3.63, 3.8) is 0 Å². The highest BCUT2D eigenvalue weighted by Crippen LogP contribution is 2.49. The van der Waals surface area contributed by atoms with Gasteiger partial charge in [0.2, 0.25) is 5.75 Å². The lowest BCUT2D eigenvalue weighted by Gasteiger charge is -2.37. The molecule has 1 N–H and O–H groups in total. The fourth-order valence-electron chi connectivity index (χ4n) is 4.14. The Bertz CT molecular complexity index is 865. The summed E-state index contributed by atoms with van der Waals surface area (Å²) >= 11 is 3.13. The van der Waals surface area contributed by atoms with Gasteiger partial charge >= 0.3 is 5.69 Å². The number of benzene rings is 1. The van der Waals surface area contributed by atoms with Gasteiger partial charge in [-0.25, -0.2) is 0 Å². The van der Waals surface area contributed by atoms with Crippen LogP contribution in [-0.4, -0.2) is 33.1 Å². The van der Waals surface area contributed by atoms with Crippen molar-refractivity contribution in [2.75, 3.05) is 0 Å². The first-order valence-electron chi connectivity index (χ1n) is 8.15. The lowest BCUT2D eigenvalue weighted by atomic mass is 9.63. The topological polar surface area (TPSA) is 113 Å². The standard InChI is InChI=1S/C17H14BrN3O5/c18-11-5-10(15(22)12(6-11)21(25)26)7-19-20-16(23)13-8-1-2-9(4-3-8)14(13)17(20)24/h1-2,5-9,13-14,22H,3-4H2/b19-7-/t8-,9-,13-,14-/m1/s1. The molecule has 5 rings (SSSR count). The smallest absolute Gasteiger partial charge is 0.312 e. The number of halogens is 1. The van der Waals surface area contributed by atoms with Gasteiger partial charge in [-0.2, -0.15) is 10.1 Å². The van der Waals surface area contributed by atoms with E-state index in [1.807, 2.05) is 12.2 Å². The van der Waals surface area contributed by atoms with Crippen LogP contribution in [0.25, 0.3) is 0 Å². The number of imide groups is 1. The molecule has 2 bridgehead atoms. The molecular weight excluding hydrogens is 406 g/mol. The van der Waals surface area contributed by atoms with Gasteiger partial charge in [0.1, 0.15) is 0 Å². The summed E-state index contributed by atoms with van der Waals surface area (Å²) in [6.45, 7) is 0. The maximum Gasteiger partial charge on any atom is 0.312 e. The zero-order valence-corrected chi connectivity index (χ0v) is 15.0. The van der Waals surface area contributed by atoms with Gasteiger partial charge < -0.3 is 5.11 Å². The lowest BCUT2D eigenvalue weighted by molar-refractivity contribution is -0.385. The van der Waals surface area contributed by atoms with Crippen LogP contribution >= 0.6 is 15.9 Å². The first-order chi connectivity index (χ1) is 12.4. The van der Waals surface area contributed by atoms with Crippen LogP contribution in [0.4, 0.5) is 5.69 Å². The summed E-state index contributed by atoms with van der Waals surface area (Å²) in [4.78, 5) is 35.6. The number of allylic oxidation sites excluding steroid dienone is 2. The number of hydrogen-bond acceptors (Lipinski definition) is 6. The minimum atomic E-state index is -0.721. The Balaban J connectivity index is 1.65. The number of nitro benzene ring substituents is 1. The number of nitrogens with zero attached hydrogens (tertiary/aromatic N) is 3. The SMILES string of the molecule is O=C1[C@H]2[C@H](C(=O)N1/N=C\c1cc(Br)cc([N+](=O)[O-])c1O)[C@@H]1C=C[C@@H]2CC1. The van der Waals surface area contributed by atoms with Crippen molar-refractivity contribution in [1.29, 1.82) is 0 Å². The maximum atomic E-state index is 12.7. The summed E-state index contributed by atoms with van der Waals surface area (Å²) in [5.74, 6) is -1.91. The number of nitro groups is 1. The number of aromatic hydroxyl groups is 1. The third kappa shape index (κ3) is 2.45. The molecule has 0 unspecified atom stereocenters. The average molecular weight is 420 g/mol. The highest BCUT2D eigenvalue weighted by atomic mass is 79.9. The number of amides is 2. The Morgan fingerprint density at radius 3 is 2.27 bits per heavy atom. The Labute approximate surface area is 156 Å². The van der Waals surface area contributed by atoms with Crippen molar-refractivity contribution < 1.29 is 19.6 Å². The lowest BCUT2D eigenvalue weighted by Crippen LogP contribution is -2.38. The second kappa shape index (κ2) is 6.01. The van der Waals surface area contributed by atoms with E-state index in [0.29, 0.717) is 4.47 Å². The number of carbonyl (C=O) groups excluding carboxylic acids is 2. The number of carbonyl (C=O) groups is 2. The monoisotopic (exact) mass is 419 g/mol. The van der Waals surface area contributed by atoms with Crippen molar-refractivity contribution in [3.05, 3.63) is 44.4 Å². The number of rotatable bonds is 3. The van der Waals surface area contributed by atoms with Crippen LogP contribution in [0.15, 0.2) is 33.9 Å². The van der Waals surface area contributed by atoms with Crippen molar-refractivity contribution in [2.24, 2.45) is 28.8 Å². The van der Waals surface area contributed by atoms with Crippen molar-refractivity contribution in [3.8, 4) is 5.75 Å². The quantitative estimate of drug-likeness (QED) is 0.266. The Kier molecular flexibility index (Phi) is 3.91. The van der Waals surface area contributed by atoms with E-state index in [9.17, 15) is 24.8 Å². The summed E-state index contributed by atoms with van der Waals surface area (Å²) < 4.78 is 0.374. The fourth-order valence-corrected chi connectivity index (χ4v) is 4.60. The Morgan fingerprint density at radius 2 is 1.77 bits per heavy atom. The highest BCUT2D eigenvalue weighted by molar-refractivity contribution is 9.10. The molecule has 26 heavy (non-hydrogen) atoms. The molecule has 1 saturated heterocycles. The van der Waals surface area contributed by atoms with Crippen LogP contribution in [0.1, 0.15) is 18.4 Å². The molecule has 1 saturated carbocycles. The summed E-state index contributed by atoms with van der Waals surface area (Å²) in [7, 11) is 0. The molecule has 1 aliphatic heterocycles. The number of phenols is 1. The molecule has 1 heterocycles. The van der Waals surface area contributed by atoms with Gasteiger partial charge in [0.15, 0.2) is 0 Å². The van der Waals surface area contributed by atoms with Gasteiger partial charge in [0, 0.05) is 16.1 Å². The molecule has 0 radical (unpaired) electrons. The zero-order valence-electron chi connectivity index (χ0n) is 13.4. The van der Waals surface area contributed by atoms with Crippen molar-refractivity contribution in [2.45, 2.75) is 12.8 Å². The van der Waals surface area contributed by atoms with E-state index in [2.05, 4.69) is 21.0 Å². The molecule has 4 aliphatic rings. The van der Waals surface area contributed by atoms with Crippen molar-refractivity contribution in [1.82, 2.24) is 5.01 Å². The first kappa shape index (κ1) is 16.9. The molecule has 9 heteroatoms. The predicted molar refractivity (Wildman–Crippen MR) is 94.2 cm³/mol. The van der Waals surface area contributed by atoms with Gasteiger partial charge in [0.05, 0.1) is 23.0 Å². The molecule has 8 nitrogen and oxygen atoms in total. The van der Waals surface area contributed by atoms with Gasteiger partial charge in [-0.05, 0) is 30.7 Å². The van der Waals surface area contributed by atoms with E-state index in [0.717, 1.165) is 30.1 Å².